The van der Waals surface area contributed by atoms with Crippen molar-refractivity contribution >= 4 is 11.3 Å². The number of aryl methyl sites for hydroxylation is 1. The molecule has 3 heteroatoms. The highest BCUT2D eigenvalue weighted by atomic mass is 32.1. The van der Waals surface area contributed by atoms with Crippen LogP contribution in [0.4, 0.5) is 0 Å². The first-order valence-electron chi connectivity index (χ1n) is 7.40. The Bertz CT molecular complexity index is 722. The number of ether oxygens (including phenoxy) is 1. The average molecular weight is 310 g/mol. The second-order valence-electron chi connectivity index (χ2n) is 5.36. The van der Waals surface area contributed by atoms with Gasteiger partial charge in [-0.2, -0.15) is 4.57 Å². The van der Waals surface area contributed by atoms with Crippen LogP contribution < -0.4 is 4.57 Å². The maximum Gasteiger partial charge on any atom is 0.271 e. The first-order chi connectivity index (χ1) is 10.8. The summed E-state index contributed by atoms with van der Waals surface area (Å²) in [6.45, 7) is 2.73. The smallest absolute Gasteiger partial charge is 0.271 e. The van der Waals surface area contributed by atoms with Crippen molar-refractivity contribution in [3.63, 3.8) is 0 Å². The van der Waals surface area contributed by atoms with Crippen LogP contribution >= 0.6 is 11.3 Å². The molecule has 2 nitrogen and oxygen atoms in total. The quantitative estimate of drug-likeness (QED) is 0.644. The summed E-state index contributed by atoms with van der Waals surface area (Å²) in [5, 5.41) is 3.40. The highest BCUT2D eigenvalue weighted by Crippen LogP contribution is 2.28. The van der Waals surface area contributed by atoms with Gasteiger partial charge in [0, 0.05) is 6.92 Å². The monoisotopic (exact) mass is 310 g/mol. The molecule has 0 aliphatic rings. The van der Waals surface area contributed by atoms with E-state index in [9.17, 15) is 0 Å². The number of aromatic nitrogens is 1. The maximum atomic E-state index is 6.28. The number of rotatable bonds is 5. The lowest BCUT2D eigenvalue weighted by molar-refractivity contribution is -0.683. The highest BCUT2D eigenvalue weighted by molar-refractivity contribution is 7.09. The summed E-state index contributed by atoms with van der Waals surface area (Å²) >= 11 is 1.75. The van der Waals surface area contributed by atoms with E-state index in [4.69, 9.17) is 4.74 Å². The van der Waals surface area contributed by atoms with Crippen molar-refractivity contribution in [2.75, 3.05) is 0 Å². The maximum absolute atomic E-state index is 6.28. The molecule has 0 amide bonds. The van der Waals surface area contributed by atoms with Gasteiger partial charge in [-0.15, -0.1) is 0 Å². The van der Waals surface area contributed by atoms with Crippen LogP contribution in [0.2, 0.25) is 0 Å². The minimum atomic E-state index is -0.0369. The standard InChI is InChI=1S/C19H20NOS/c1-15-14-22-19(20(15)2)18(17-11-7-4-8-12-17)21-13-16-9-5-3-6-10-16/h3-12,14,18H,13H2,1-2H3/q+1. The molecule has 0 spiro atoms. The first kappa shape index (κ1) is 14.9. The van der Waals surface area contributed by atoms with Gasteiger partial charge in [-0.1, -0.05) is 72.0 Å². The summed E-state index contributed by atoms with van der Waals surface area (Å²) in [5.74, 6) is 0. The molecule has 1 heterocycles. The van der Waals surface area contributed by atoms with Crippen LogP contribution in [0.1, 0.15) is 27.9 Å². The number of benzene rings is 2. The molecule has 0 radical (unpaired) electrons. The zero-order chi connectivity index (χ0) is 15.4. The second kappa shape index (κ2) is 6.86. The molecule has 0 fully saturated rings. The molecule has 0 aliphatic heterocycles. The fourth-order valence-corrected chi connectivity index (χ4v) is 3.49. The molecule has 2 aromatic carbocycles. The number of nitrogens with zero attached hydrogens (tertiary/aromatic N) is 1. The number of hydrogen-bond donors (Lipinski definition) is 0. The van der Waals surface area contributed by atoms with Gasteiger partial charge in [0.1, 0.15) is 7.05 Å². The Morgan fingerprint density at radius 1 is 1.00 bits per heavy atom. The lowest BCUT2D eigenvalue weighted by atomic mass is 10.1. The van der Waals surface area contributed by atoms with E-state index >= 15 is 0 Å². The Balaban J connectivity index is 1.88. The molecule has 112 valence electrons. The lowest BCUT2D eigenvalue weighted by Gasteiger charge is -2.15. The van der Waals surface area contributed by atoms with Crippen LogP contribution in [-0.2, 0) is 18.4 Å². The van der Waals surface area contributed by atoms with E-state index < -0.39 is 0 Å². The van der Waals surface area contributed by atoms with E-state index in [0.717, 1.165) is 0 Å². The van der Waals surface area contributed by atoms with Crippen LogP contribution in [0.3, 0.4) is 0 Å². The van der Waals surface area contributed by atoms with Gasteiger partial charge < -0.3 is 4.74 Å². The Hall–Kier alpha value is -1.97. The minimum Gasteiger partial charge on any atom is -0.357 e. The molecule has 3 aromatic rings. The summed E-state index contributed by atoms with van der Waals surface area (Å²) in [4.78, 5) is 0. The fourth-order valence-electron chi connectivity index (χ4n) is 2.41. The van der Waals surface area contributed by atoms with Crippen LogP contribution in [0.5, 0.6) is 0 Å². The van der Waals surface area contributed by atoms with E-state index in [2.05, 4.69) is 60.3 Å². The first-order valence-corrected chi connectivity index (χ1v) is 8.28. The predicted molar refractivity (Wildman–Crippen MR) is 89.7 cm³/mol. The zero-order valence-electron chi connectivity index (χ0n) is 12.9. The van der Waals surface area contributed by atoms with E-state index in [1.165, 1.54) is 21.8 Å². The van der Waals surface area contributed by atoms with Crippen molar-refractivity contribution < 1.29 is 9.30 Å². The molecule has 0 N–H and O–H groups in total. The Labute approximate surface area is 135 Å². The molecular formula is C19H20NOS+. The van der Waals surface area contributed by atoms with Crippen molar-refractivity contribution in [2.45, 2.75) is 19.6 Å². The Morgan fingerprint density at radius 3 is 2.23 bits per heavy atom. The van der Waals surface area contributed by atoms with Gasteiger partial charge in [-0.3, -0.25) is 0 Å². The second-order valence-corrected chi connectivity index (χ2v) is 6.25. The molecule has 0 saturated heterocycles. The molecule has 0 bridgehead atoms. The Morgan fingerprint density at radius 2 is 1.64 bits per heavy atom. The van der Waals surface area contributed by atoms with Gasteiger partial charge in [0.15, 0.2) is 11.8 Å². The largest absolute Gasteiger partial charge is 0.357 e. The van der Waals surface area contributed by atoms with E-state index in [1.807, 2.05) is 24.3 Å². The van der Waals surface area contributed by atoms with Gasteiger partial charge >= 0.3 is 0 Å². The molecule has 3 rings (SSSR count). The van der Waals surface area contributed by atoms with E-state index in [1.54, 1.807) is 11.3 Å². The summed E-state index contributed by atoms with van der Waals surface area (Å²) in [6.07, 6.45) is -0.0369. The lowest BCUT2D eigenvalue weighted by Crippen LogP contribution is -2.35. The topological polar surface area (TPSA) is 13.1 Å². The third kappa shape index (κ3) is 3.26. The highest BCUT2D eigenvalue weighted by Gasteiger charge is 2.26. The SMILES string of the molecule is Cc1csc(C(OCc2ccccc2)c2ccccc2)[n+]1C. The normalized spacial score (nSPS) is 12.3. The van der Waals surface area contributed by atoms with Crippen LogP contribution in [0, 0.1) is 6.92 Å². The van der Waals surface area contributed by atoms with Gasteiger partial charge in [0.25, 0.3) is 5.01 Å². The van der Waals surface area contributed by atoms with Crippen LogP contribution in [-0.4, -0.2) is 0 Å². The summed E-state index contributed by atoms with van der Waals surface area (Å²) in [5.41, 5.74) is 3.64. The predicted octanol–water partition coefficient (Wildman–Crippen LogP) is 4.19. The van der Waals surface area contributed by atoms with Gasteiger partial charge in [0.05, 0.1) is 12.0 Å². The van der Waals surface area contributed by atoms with E-state index in [-0.39, 0.29) is 6.10 Å². The molecule has 1 unspecified atom stereocenters. The van der Waals surface area contributed by atoms with Crippen molar-refractivity contribution in [3.05, 3.63) is 87.9 Å². The molecule has 0 aliphatic carbocycles. The molecule has 0 saturated carbocycles. The average Bonchev–Trinajstić information content (AvgIpc) is 2.90. The summed E-state index contributed by atoms with van der Waals surface area (Å²) in [6, 6.07) is 20.7. The molecule has 1 atom stereocenters. The van der Waals surface area contributed by atoms with Gasteiger partial charge in [-0.25, -0.2) is 0 Å². The van der Waals surface area contributed by atoms with Gasteiger partial charge in [0.2, 0.25) is 0 Å². The minimum absolute atomic E-state index is 0.0369. The molecular weight excluding hydrogens is 290 g/mol. The van der Waals surface area contributed by atoms with Crippen molar-refractivity contribution in [3.8, 4) is 0 Å². The Kier molecular flexibility index (Phi) is 4.66. The van der Waals surface area contributed by atoms with Crippen molar-refractivity contribution in [2.24, 2.45) is 7.05 Å². The number of thiazole rings is 1. The molecule has 22 heavy (non-hydrogen) atoms. The van der Waals surface area contributed by atoms with Crippen molar-refractivity contribution in [1.29, 1.82) is 0 Å². The van der Waals surface area contributed by atoms with Gasteiger partial charge in [-0.05, 0) is 11.1 Å². The molecule has 1 aromatic heterocycles. The third-order valence-corrected chi connectivity index (χ3v) is 4.98. The summed E-state index contributed by atoms with van der Waals surface area (Å²) < 4.78 is 8.50. The fraction of sp³-hybridized carbons (Fsp3) is 0.211. The van der Waals surface area contributed by atoms with Crippen molar-refractivity contribution in [1.82, 2.24) is 0 Å². The zero-order valence-corrected chi connectivity index (χ0v) is 13.7. The van der Waals surface area contributed by atoms with Crippen LogP contribution in [0.15, 0.2) is 66.0 Å². The number of hydrogen-bond acceptors (Lipinski definition) is 2. The third-order valence-electron chi connectivity index (χ3n) is 3.80. The van der Waals surface area contributed by atoms with Crippen LogP contribution in [0.25, 0.3) is 0 Å². The van der Waals surface area contributed by atoms with E-state index in [0.29, 0.717) is 6.61 Å². The summed E-state index contributed by atoms with van der Waals surface area (Å²) in [7, 11) is 2.10.